The summed E-state index contributed by atoms with van der Waals surface area (Å²) in [5.41, 5.74) is 4.60. The van der Waals surface area contributed by atoms with Gasteiger partial charge in [-0.2, -0.15) is 0 Å². The molecule has 2 aromatic carbocycles. The number of methoxy groups -OCH3 is 1. The van der Waals surface area contributed by atoms with Crippen LogP contribution < -0.4 is 5.14 Å². The summed E-state index contributed by atoms with van der Waals surface area (Å²) in [5.74, 6) is 0. The number of ether oxygens (including phenoxy) is 1. The molecule has 3 aromatic rings. The van der Waals surface area contributed by atoms with Gasteiger partial charge in [-0.3, -0.25) is 0 Å². The summed E-state index contributed by atoms with van der Waals surface area (Å²) in [4.78, 5) is 0.0716. The quantitative estimate of drug-likeness (QED) is 0.756. The van der Waals surface area contributed by atoms with E-state index in [-0.39, 0.29) is 11.5 Å². The molecule has 25 heavy (non-hydrogen) atoms. The van der Waals surface area contributed by atoms with Crippen molar-refractivity contribution in [1.29, 1.82) is 0 Å². The fourth-order valence-corrected chi connectivity index (χ4v) is 3.70. The highest BCUT2D eigenvalue weighted by molar-refractivity contribution is 7.89. The average molecular weight is 358 g/mol. The molecule has 0 atom stereocenters. The third kappa shape index (κ3) is 3.34. The zero-order valence-electron chi connectivity index (χ0n) is 13.9. The lowest BCUT2D eigenvalue weighted by atomic mass is 9.91. The van der Waals surface area contributed by atoms with Gasteiger partial charge in [-0.05, 0) is 29.7 Å². The summed E-state index contributed by atoms with van der Waals surface area (Å²) in [6.07, 6.45) is 1.50. The second-order valence-corrected chi connectivity index (χ2v) is 7.17. The highest BCUT2D eigenvalue weighted by Crippen LogP contribution is 2.37. The van der Waals surface area contributed by atoms with Crippen LogP contribution in [0.15, 0.2) is 58.1 Å². The second-order valence-electron chi connectivity index (χ2n) is 5.64. The maximum atomic E-state index is 12.0. The minimum atomic E-state index is -3.87. The van der Waals surface area contributed by atoms with Crippen LogP contribution in [0.25, 0.3) is 22.4 Å². The molecule has 0 aliphatic carbocycles. The van der Waals surface area contributed by atoms with E-state index in [0.29, 0.717) is 11.3 Å². The minimum absolute atomic E-state index is 0.0716. The Hall–Kier alpha value is -2.48. The molecule has 130 valence electrons. The van der Waals surface area contributed by atoms with Crippen LogP contribution in [-0.4, -0.2) is 20.7 Å². The van der Waals surface area contributed by atoms with Crippen molar-refractivity contribution in [3.63, 3.8) is 0 Å². The summed E-state index contributed by atoms with van der Waals surface area (Å²) < 4.78 is 34.3. The first-order chi connectivity index (χ1) is 11.9. The largest absolute Gasteiger partial charge is 0.380 e. The van der Waals surface area contributed by atoms with Gasteiger partial charge in [-0.15, -0.1) is 0 Å². The van der Waals surface area contributed by atoms with Gasteiger partial charge >= 0.3 is 0 Å². The van der Waals surface area contributed by atoms with E-state index in [9.17, 15) is 8.42 Å². The van der Waals surface area contributed by atoms with Crippen molar-refractivity contribution in [2.24, 2.45) is 5.14 Å². The fourth-order valence-electron chi connectivity index (χ4n) is 2.95. The summed E-state index contributed by atoms with van der Waals surface area (Å²) in [6, 6.07) is 12.2. The number of aromatic nitrogens is 1. The van der Waals surface area contributed by atoms with Crippen LogP contribution in [-0.2, 0) is 21.4 Å². The number of nitrogens with two attached hydrogens (primary N) is 1. The highest BCUT2D eigenvalue weighted by atomic mass is 32.2. The number of benzene rings is 2. The number of hydrogen-bond acceptors (Lipinski definition) is 5. The van der Waals surface area contributed by atoms with Crippen molar-refractivity contribution >= 4 is 10.0 Å². The van der Waals surface area contributed by atoms with Crippen molar-refractivity contribution in [1.82, 2.24) is 5.16 Å². The van der Waals surface area contributed by atoms with Crippen LogP contribution >= 0.6 is 0 Å². The predicted octanol–water partition coefficient (Wildman–Crippen LogP) is 3.11. The number of sulfonamides is 1. The molecule has 3 rings (SSSR count). The van der Waals surface area contributed by atoms with Gasteiger partial charge < -0.3 is 9.26 Å². The maximum absolute atomic E-state index is 12.0. The van der Waals surface area contributed by atoms with Crippen molar-refractivity contribution in [2.45, 2.75) is 18.4 Å². The topological polar surface area (TPSA) is 95.4 Å². The number of primary sulfonamides is 1. The number of hydrogen-bond donors (Lipinski definition) is 1. The third-order valence-corrected chi connectivity index (χ3v) is 4.96. The Morgan fingerprint density at radius 1 is 1.12 bits per heavy atom. The predicted molar refractivity (Wildman–Crippen MR) is 94.2 cm³/mol. The number of nitrogens with zero attached hydrogens (tertiary/aromatic N) is 1. The molecule has 0 fully saturated rings. The van der Waals surface area contributed by atoms with E-state index in [0.717, 1.165) is 22.3 Å². The van der Waals surface area contributed by atoms with Gasteiger partial charge in [0.2, 0.25) is 10.0 Å². The van der Waals surface area contributed by atoms with Crippen LogP contribution in [0.2, 0.25) is 0 Å². The fraction of sp³-hybridized carbons (Fsp3) is 0.167. The first kappa shape index (κ1) is 17.3. The SMILES string of the molecule is COCc1c(-c2ccccc2S(N)(=O)=O)ccc(C)c1-c1ccon1. The van der Waals surface area contributed by atoms with E-state index >= 15 is 0 Å². The second kappa shape index (κ2) is 6.79. The first-order valence-corrected chi connectivity index (χ1v) is 9.12. The van der Waals surface area contributed by atoms with Gasteiger partial charge in [0.05, 0.1) is 11.5 Å². The van der Waals surface area contributed by atoms with Gasteiger partial charge in [0, 0.05) is 24.3 Å². The molecule has 7 heteroatoms. The van der Waals surface area contributed by atoms with E-state index < -0.39 is 10.0 Å². The van der Waals surface area contributed by atoms with Gasteiger partial charge in [0.25, 0.3) is 0 Å². The maximum Gasteiger partial charge on any atom is 0.238 e. The highest BCUT2D eigenvalue weighted by Gasteiger charge is 2.21. The molecule has 6 nitrogen and oxygen atoms in total. The molecule has 1 heterocycles. The van der Waals surface area contributed by atoms with E-state index in [2.05, 4.69) is 5.16 Å². The van der Waals surface area contributed by atoms with Crippen molar-refractivity contribution in [2.75, 3.05) is 7.11 Å². The van der Waals surface area contributed by atoms with Gasteiger partial charge in [-0.25, -0.2) is 13.6 Å². The Morgan fingerprint density at radius 2 is 1.88 bits per heavy atom. The molecule has 0 unspecified atom stereocenters. The molecular weight excluding hydrogens is 340 g/mol. The summed E-state index contributed by atoms with van der Waals surface area (Å²) in [5, 5.41) is 9.42. The molecule has 2 N–H and O–H groups in total. The molecule has 0 saturated heterocycles. The van der Waals surface area contributed by atoms with Gasteiger partial charge in [0.1, 0.15) is 12.0 Å². The molecule has 0 aliphatic heterocycles. The lowest BCUT2D eigenvalue weighted by molar-refractivity contribution is 0.185. The Balaban J connectivity index is 2.34. The molecule has 0 saturated carbocycles. The van der Waals surface area contributed by atoms with E-state index in [1.54, 1.807) is 31.4 Å². The van der Waals surface area contributed by atoms with Gasteiger partial charge in [-0.1, -0.05) is 35.5 Å². The van der Waals surface area contributed by atoms with Crippen LogP contribution in [0.3, 0.4) is 0 Å². The van der Waals surface area contributed by atoms with E-state index in [1.807, 2.05) is 19.1 Å². The smallest absolute Gasteiger partial charge is 0.238 e. The molecule has 0 aliphatic rings. The number of rotatable bonds is 5. The summed E-state index contributed by atoms with van der Waals surface area (Å²) in [7, 11) is -2.28. The molecule has 0 bridgehead atoms. The third-order valence-electron chi connectivity index (χ3n) is 3.99. The Labute approximate surface area is 146 Å². The molecule has 0 spiro atoms. The summed E-state index contributed by atoms with van der Waals surface area (Å²) >= 11 is 0. The lowest BCUT2D eigenvalue weighted by Gasteiger charge is -2.17. The van der Waals surface area contributed by atoms with Crippen molar-refractivity contribution < 1.29 is 17.7 Å². The Bertz CT molecular complexity index is 996. The molecule has 0 radical (unpaired) electrons. The Morgan fingerprint density at radius 3 is 2.52 bits per heavy atom. The monoisotopic (exact) mass is 358 g/mol. The van der Waals surface area contributed by atoms with E-state index in [4.69, 9.17) is 14.4 Å². The van der Waals surface area contributed by atoms with Crippen LogP contribution in [0.5, 0.6) is 0 Å². The summed E-state index contributed by atoms with van der Waals surface area (Å²) in [6.45, 7) is 2.25. The van der Waals surface area contributed by atoms with Crippen LogP contribution in [0.1, 0.15) is 11.1 Å². The zero-order chi connectivity index (χ0) is 18.0. The van der Waals surface area contributed by atoms with Gasteiger partial charge in [0.15, 0.2) is 0 Å². The zero-order valence-corrected chi connectivity index (χ0v) is 14.7. The average Bonchev–Trinajstić information content (AvgIpc) is 3.09. The molecule has 0 amide bonds. The van der Waals surface area contributed by atoms with Crippen molar-refractivity contribution in [3.05, 3.63) is 59.9 Å². The normalized spacial score (nSPS) is 11.6. The van der Waals surface area contributed by atoms with Crippen LogP contribution in [0.4, 0.5) is 0 Å². The Kier molecular flexibility index (Phi) is 4.71. The minimum Gasteiger partial charge on any atom is -0.380 e. The lowest BCUT2D eigenvalue weighted by Crippen LogP contribution is -2.13. The first-order valence-electron chi connectivity index (χ1n) is 7.58. The molecular formula is C18H18N2O4S. The van der Waals surface area contributed by atoms with Crippen molar-refractivity contribution in [3.8, 4) is 22.4 Å². The molecule has 1 aromatic heterocycles. The van der Waals surface area contributed by atoms with E-state index in [1.165, 1.54) is 12.3 Å². The standard InChI is InChI=1S/C18H18N2O4S/c1-12-7-8-13(14-5-3-4-6-17(14)25(19,21)22)15(11-23-2)18(12)16-9-10-24-20-16/h3-10H,11H2,1-2H3,(H2,19,21,22). The number of aryl methyl sites for hydroxylation is 1. The van der Waals surface area contributed by atoms with Crippen LogP contribution in [0, 0.1) is 6.92 Å².